The maximum atomic E-state index is 13.3. The fourth-order valence-corrected chi connectivity index (χ4v) is 4.09. The third kappa shape index (κ3) is 5.12. The lowest BCUT2D eigenvalue weighted by Crippen LogP contribution is -2.17. The van der Waals surface area contributed by atoms with Gasteiger partial charge in [0.2, 0.25) is 0 Å². The molecule has 1 aliphatic heterocycles. The van der Waals surface area contributed by atoms with E-state index in [4.69, 9.17) is 14.2 Å². The molecule has 0 saturated carbocycles. The lowest BCUT2D eigenvalue weighted by atomic mass is 10.2. The van der Waals surface area contributed by atoms with Crippen molar-refractivity contribution < 1.29 is 18.6 Å². The third-order valence-corrected chi connectivity index (χ3v) is 5.80. The van der Waals surface area contributed by atoms with Gasteiger partial charge in [0.15, 0.2) is 11.0 Å². The van der Waals surface area contributed by atoms with Crippen LogP contribution in [0.25, 0.3) is 11.4 Å². The Hall–Kier alpha value is -2.58. The first-order chi connectivity index (χ1) is 14.7. The molecule has 158 valence electrons. The van der Waals surface area contributed by atoms with Gasteiger partial charge in [-0.3, -0.25) is 4.57 Å². The molecule has 2 heterocycles. The predicted octanol–water partition coefficient (Wildman–Crippen LogP) is 4.44. The number of nitrogens with zero attached hydrogens (tertiary/aromatic N) is 3. The summed E-state index contributed by atoms with van der Waals surface area (Å²) in [4.78, 5) is 0. The van der Waals surface area contributed by atoms with Gasteiger partial charge in [-0.15, -0.1) is 10.2 Å². The van der Waals surface area contributed by atoms with Crippen molar-refractivity contribution in [3.05, 3.63) is 54.3 Å². The van der Waals surface area contributed by atoms with Crippen LogP contribution in [0.2, 0.25) is 0 Å². The lowest BCUT2D eigenvalue weighted by Gasteiger charge is -2.15. The SMILES string of the molecule is COc1ccc(OCCSc2nnc(-c3ccc(F)cc3)n2CC2CCCO2)cc1. The van der Waals surface area contributed by atoms with E-state index in [1.165, 1.54) is 12.1 Å². The number of rotatable bonds is 9. The number of methoxy groups -OCH3 is 1. The second-order valence-corrected chi connectivity index (χ2v) is 7.99. The van der Waals surface area contributed by atoms with E-state index in [0.717, 1.165) is 53.2 Å². The zero-order valence-corrected chi connectivity index (χ0v) is 17.6. The maximum Gasteiger partial charge on any atom is 0.191 e. The normalized spacial score (nSPS) is 16.0. The number of thioether (sulfide) groups is 1. The molecule has 1 saturated heterocycles. The fourth-order valence-electron chi connectivity index (χ4n) is 3.33. The van der Waals surface area contributed by atoms with Gasteiger partial charge in [-0.05, 0) is 61.4 Å². The fraction of sp³-hybridized carbons (Fsp3) is 0.364. The van der Waals surface area contributed by atoms with E-state index < -0.39 is 0 Å². The van der Waals surface area contributed by atoms with Gasteiger partial charge in [-0.25, -0.2) is 4.39 Å². The molecule has 8 heteroatoms. The highest BCUT2D eigenvalue weighted by Crippen LogP contribution is 2.27. The molecule has 1 fully saturated rings. The van der Waals surface area contributed by atoms with E-state index in [1.54, 1.807) is 31.0 Å². The minimum absolute atomic E-state index is 0.148. The molecule has 1 unspecified atom stereocenters. The number of halogens is 1. The minimum atomic E-state index is -0.269. The standard InChI is InChI=1S/C22H24FN3O3S/c1-27-18-8-10-19(11-9-18)29-13-14-30-22-25-24-21(16-4-6-17(23)7-5-16)26(22)15-20-3-2-12-28-20/h4-11,20H,2-3,12-15H2,1H3. The van der Waals surface area contributed by atoms with E-state index in [-0.39, 0.29) is 11.9 Å². The molecular weight excluding hydrogens is 405 g/mol. The van der Waals surface area contributed by atoms with Crippen molar-refractivity contribution in [3.63, 3.8) is 0 Å². The molecule has 3 aromatic rings. The maximum absolute atomic E-state index is 13.3. The van der Waals surface area contributed by atoms with E-state index in [0.29, 0.717) is 13.2 Å². The van der Waals surface area contributed by atoms with Crippen molar-refractivity contribution in [1.82, 2.24) is 14.8 Å². The Labute approximate surface area is 179 Å². The Morgan fingerprint density at radius 3 is 2.57 bits per heavy atom. The third-order valence-electron chi connectivity index (χ3n) is 4.87. The first kappa shape index (κ1) is 20.7. The summed E-state index contributed by atoms with van der Waals surface area (Å²) in [6.45, 7) is 2.01. The van der Waals surface area contributed by atoms with Crippen LogP contribution >= 0.6 is 11.8 Å². The first-order valence-corrected chi connectivity index (χ1v) is 10.9. The molecule has 0 spiro atoms. The molecule has 30 heavy (non-hydrogen) atoms. The van der Waals surface area contributed by atoms with Gasteiger partial charge >= 0.3 is 0 Å². The molecule has 0 amide bonds. The second-order valence-electron chi connectivity index (χ2n) is 6.93. The van der Waals surface area contributed by atoms with Crippen LogP contribution in [0, 0.1) is 5.82 Å². The van der Waals surface area contributed by atoms with Crippen molar-refractivity contribution >= 4 is 11.8 Å². The van der Waals surface area contributed by atoms with Gasteiger partial charge in [-0.1, -0.05) is 11.8 Å². The van der Waals surface area contributed by atoms with E-state index in [2.05, 4.69) is 14.8 Å². The molecular formula is C22H24FN3O3S. The zero-order valence-electron chi connectivity index (χ0n) is 16.8. The van der Waals surface area contributed by atoms with E-state index in [1.807, 2.05) is 24.3 Å². The Morgan fingerprint density at radius 2 is 1.87 bits per heavy atom. The number of ether oxygens (including phenoxy) is 3. The van der Waals surface area contributed by atoms with Crippen LogP contribution in [0.4, 0.5) is 4.39 Å². The van der Waals surface area contributed by atoms with Crippen LogP contribution in [0.3, 0.4) is 0 Å². The Balaban J connectivity index is 1.42. The highest BCUT2D eigenvalue weighted by atomic mass is 32.2. The zero-order chi connectivity index (χ0) is 20.8. The minimum Gasteiger partial charge on any atom is -0.497 e. The van der Waals surface area contributed by atoms with Gasteiger partial charge in [-0.2, -0.15) is 0 Å². The van der Waals surface area contributed by atoms with E-state index in [9.17, 15) is 4.39 Å². The summed E-state index contributed by atoms with van der Waals surface area (Å²) in [5.41, 5.74) is 0.836. The van der Waals surface area contributed by atoms with Crippen molar-refractivity contribution in [3.8, 4) is 22.9 Å². The largest absolute Gasteiger partial charge is 0.497 e. The summed E-state index contributed by atoms with van der Waals surface area (Å²) in [6, 6.07) is 13.8. The quantitative estimate of drug-likeness (QED) is 0.370. The molecule has 0 radical (unpaired) electrons. The Morgan fingerprint density at radius 1 is 1.10 bits per heavy atom. The molecule has 2 aromatic carbocycles. The first-order valence-electron chi connectivity index (χ1n) is 9.93. The van der Waals surface area contributed by atoms with E-state index >= 15 is 0 Å². The van der Waals surface area contributed by atoms with Gasteiger partial charge in [0.05, 0.1) is 26.4 Å². The van der Waals surface area contributed by atoms with Crippen LogP contribution in [-0.4, -0.2) is 46.9 Å². The predicted molar refractivity (Wildman–Crippen MR) is 114 cm³/mol. The number of hydrogen-bond acceptors (Lipinski definition) is 6. The Kier molecular flexibility index (Phi) is 6.86. The average Bonchev–Trinajstić information content (AvgIpc) is 3.43. The summed E-state index contributed by atoms with van der Waals surface area (Å²) in [6.07, 6.45) is 2.23. The average molecular weight is 430 g/mol. The van der Waals surface area contributed by atoms with Crippen LogP contribution in [0.15, 0.2) is 53.7 Å². The van der Waals surface area contributed by atoms with Gasteiger partial charge in [0.25, 0.3) is 0 Å². The van der Waals surface area contributed by atoms with Crippen molar-refractivity contribution in [1.29, 1.82) is 0 Å². The van der Waals surface area contributed by atoms with Crippen LogP contribution in [-0.2, 0) is 11.3 Å². The van der Waals surface area contributed by atoms with Crippen molar-refractivity contribution in [2.24, 2.45) is 0 Å². The lowest BCUT2D eigenvalue weighted by molar-refractivity contribution is 0.0953. The molecule has 0 bridgehead atoms. The summed E-state index contributed by atoms with van der Waals surface area (Å²) in [5.74, 6) is 2.77. The van der Waals surface area contributed by atoms with Crippen molar-refractivity contribution in [2.45, 2.75) is 30.6 Å². The van der Waals surface area contributed by atoms with Gasteiger partial charge in [0, 0.05) is 17.9 Å². The molecule has 0 aliphatic carbocycles. The molecule has 6 nitrogen and oxygen atoms in total. The van der Waals surface area contributed by atoms with Crippen LogP contribution in [0.1, 0.15) is 12.8 Å². The summed E-state index contributed by atoms with van der Waals surface area (Å²) >= 11 is 1.59. The number of aromatic nitrogens is 3. The smallest absolute Gasteiger partial charge is 0.191 e. The summed E-state index contributed by atoms with van der Waals surface area (Å²) in [5, 5.41) is 9.56. The highest BCUT2D eigenvalue weighted by Gasteiger charge is 2.21. The number of benzene rings is 2. The number of hydrogen-bond donors (Lipinski definition) is 0. The Bertz CT molecular complexity index is 941. The highest BCUT2D eigenvalue weighted by molar-refractivity contribution is 7.99. The molecule has 4 rings (SSSR count). The topological polar surface area (TPSA) is 58.4 Å². The van der Waals surface area contributed by atoms with Gasteiger partial charge < -0.3 is 14.2 Å². The summed E-state index contributed by atoms with van der Waals surface area (Å²) in [7, 11) is 1.64. The van der Waals surface area contributed by atoms with Crippen LogP contribution in [0.5, 0.6) is 11.5 Å². The summed E-state index contributed by atoms with van der Waals surface area (Å²) < 4.78 is 32.2. The van der Waals surface area contributed by atoms with Gasteiger partial charge in [0.1, 0.15) is 17.3 Å². The molecule has 1 aliphatic rings. The van der Waals surface area contributed by atoms with Crippen LogP contribution < -0.4 is 9.47 Å². The monoisotopic (exact) mass is 429 g/mol. The molecule has 0 N–H and O–H groups in total. The molecule has 1 atom stereocenters. The van der Waals surface area contributed by atoms with Crippen molar-refractivity contribution in [2.75, 3.05) is 26.1 Å². The molecule has 1 aromatic heterocycles. The second kappa shape index (κ2) is 9.95.